The van der Waals surface area contributed by atoms with E-state index in [4.69, 9.17) is 4.74 Å². The van der Waals surface area contributed by atoms with E-state index in [1.54, 1.807) is 0 Å². The van der Waals surface area contributed by atoms with Crippen LogP contribution in [-0.2, 0) is 4.74 Å². The minimum Gasteiger partial charge on any atom is -0.376 e. The molecule has 2 fully saturated rings. The molecule has 0 radical (unpaired) electrons. The fourth-order valence-electron chi connectivity index (χ4n) is 2.65. The van der Waals surface area contributed by atoms with Crippen molar-refractivity contribution in [2.24, 2.45) is 5.92 Å². The zero-order valence-corrected chi connectivity index (χ0v) is 9.80. The van der Waals surface area contributed by atoms with Gasteiger partial charge in [0.05, 0.1) is 12.7 Å². The first kappa shape index (κ1) is 11.4. The number of nitrogens with one attached hydrogen (secondary N) is 2. The lowest BCUT2D eigenvalue weighted by Crippen LogP contribution is -2.40. The zero-order chi connectivity index (χ0) is 10.5. The van der Waals surface area contributed by atoms with Crippen LogP contribution in [0.5, 0.6) is 0 Å². The summed E-state index contributed by atoms with van der Waals surface area (Å²) >= 11 is 0. The molecule has 88 valence electrons. The number of rotatable bonds is 4. The molecule has 2 aliphatic rings. The Hall–Kier alpha value is -0.120. The number of ether oxygens (including phenoxy) is 1. The Labute approximate surface area is 93.0 Å². The third-order valence-corrected chi connectivity index (χ3v) is 3.60. The highest BCUT2D eigenvalue weighted by Crippen LogP contribution is 2.24. The van der Waals surface area contributed by atoms with E-state index in [2.05, 4.69) is 17.6 Å². The third-order valence-electron chi connectivity index (χ3n) is 3.60. The van der Waals surface area contributed by atoms with Crippen LogP contribution in [0.25, 0.3) is 0 Å². The van der Waals surface area contributed by atoms with Gasteiger partial charge in [-0.3, -0.25) is 0 Å². The van der Waals surface area contributed by atoms with Gasteiger partial charge in [0.1, 0.15) is 0 Å². The van der Waals surface area contributed by atoms with Gasteiger partial charge in [-0.15, -0.1) is 0 Å². The maximum atomic E-state index is 5.66. The summed E-state index contributed by atoms with van der Waals surface area (Å²) in [5.41, 5.74) is 0. The predicted octanol–water partition coefficient (Wildman–Crippen LogP) is 1.14. The molecule has 1 aliphatic heterocycles. The van der Waals surface area contributed by atoms with E-state index in [-0.39, 0.29) is 0 Å². The quantitative estimate of drug-likeness (QED) is 0.733. The number of morpholine rings is 1. The highest BCUT2D eigenvalue weighted by Gasteiger charge is 2.21. The largest absolute Gasteiger partial charge is 0.376 e. The SMILES string of the molecule is CC1CCC(NCCC2CNCCO2)C1. The maximum absolute atomic E-state index is 5.66. The third kappa shape index (κ3) is 3.74. The summed E-state index contributed by atoms with van der Waals surface area (Å²) in [6.45, 7) is 6.40. The van der Waals surface area contributed by atoms with Gasteiger partial charge in [-0.05, 0) is 38.1 Å². The van der Waals surface area contributed by atoms with E-state index in [9.17, 15) is 0 Å². The summed E-state index contributed by atoms with van der Waals surface area (Å²) < 4.78 is 5.66. The van der Waals surface area contributed by atoms with Crippen LogP contribution >= 0.6 is 0 Å². The van der Waals surface area contributed by atoms with Crippen molar-refractivity contribution in [1.82, 2.24) is 10.6 Å². The van der Waals surface area contributed by atoms with E-state index in [0.29, 0.717) is 6.10 Å². The first-order chi connectivity index (χ1) is 7.34. The zero-order valence-electron chi connectivity index (χ0n) is 9.80. The summed E-state index contributed by atoms with van der Waals surface area (Å²) in [5.74, 6) is 0.926. The van der Waals surface area contributed by atoms with Crippen molar-refractivity contribution in [2.75, 3.05) is 26.2 Å². The Bertz CT molecular complexity index is 176. The highest BCUT2D eigenvalue weighted by atomic mass is 16.5. The molecule has 1 heterocycles. The van der Waals surface area contributed by atoms with Crippen molar-refractivity contribution in [3.05, 3.63) is 0 Å². The second kappa shape index (κ2) is 5.83. The smallest absolute Gasteiger partial charge is 0.0712 e. The average Bonchev–Trinajstić information content (AvgIpc) is 2.66. The summed E-state index contributed by atoms with van der Waals surface area (Å²) in [5, 5.41) is 7.02. The first-order valence-corrected chi connectivity index (χ1v) is 6.40. The molecular formula is C12H24N2O. The maximum Gasteiger partial charge on any atom is 0.0712 e. The topological polar surface area (TPSA) is 33.3 Å². The fourth-order valence-corrected chi connectivity index (χ4v) is 2.65. The van der Waals surface area contributed by atoms with Gasteiger partial charge in [-0.1, -0.05) is 6.92 Å². The van der Waals surface area contributed by atoms with Gasteiger partial charge >= 0.3 is 0 Å². The second-order valence-electron chi connectivity index (χ2n) is 5.05. The minimum absolute atomic E-state index is 0.435. The molecule has 3 unspecified atom stereocenters. The summed E-state index contributed by atoms with van der Waals surface area (Å²) in [6.07, 6.45) is 5.72. The van der Waals surface area contributed by atoms with Crippen LogP contribution in [0.15, 0.2) is 0 Å². The molecule has 2 N–H and O–H groups in total. The molecule has 2 rings (SSSR count). The minimum atomic E-state index is 0.435. The Morgan fingerprint density at radius 3 is 3.00 bits per heavy atom. The molecular weight excluding hydrogens is 188 g/mol. The summed E-state index contributed by atoms with van der Waals surface area (Å²) in [4.78, 5) is 0. The van der Waals surface area contributed by atoms with Crippen LogP contribution in [0.1, 0.15) is 32.6 Å². The normalized spacial score (nSPS) is 37.0. The van der Waals surface area contributed by atoms with Crippen LogP contribution < -0.4 is 10.6 Å². The van der Waals surface area contributed by atoms with Crippen LogP contribution in [0, 0.1) is 5.92 Å². The molecule has 1 aliphatic carbocycles. The lowest BCUT2D eigenvalue weighted by atomic mass is 10.1. The Morgan fingerprint density at radius 2 is 2.33 bits per heavy atom. The standard InChI is InChI=1S/C12H24N2O/c1-10-2-3-11(8-10)14-5-4-12-9-13-6-7-15-12/h10-14H,2-9H2,1H3. The predicted molar refractivity (Wildman–Crippen MR) is 62.0 cm³/mol. The molecule has 0 spiro atoms. The van der Waals surface area contributed by atoms with Gasteiger partial charge in [-0.2, -0.15) is 0 Å². The van der Waals surface area contributed by atoms with E-state index in [1.165, 1.54) is 19.3 Å². The molecule has 15 heavy (non-hydrogen) atoms. The van der Waals surface area contributed by atoms with Crippen LogP contribution in [-0.4, -0.2) is 38.4 Å². The summed E-state index contributed by atoms with van der Waals surface area (Å²) in [6, 6.07) is 0.775. The number of hydrogen-bond donors (Lipinski definition) is 2. The van der Waals surface area contributed by atoms with Gasteiger partial charge < -0.3 is 15.4 Å². The average molecular weight is 212 g/mol. The lowest BCUT2D eigenvalue weighted by molar-refractivity contribution is 0.0235. The molecule has 0 amide bonds. The fraction of sp³-hybridized carbons (Fsp3) is 1.00. The molecule has 0 bridgehead atoms. The number of hydrogen-bond acceptors (Lipinski definition) is 3. The second-order valence-corrected chi connectivity index (χ2v) is 5.05. The van der Waals surface area contributed by atoms with E-state index in [1.807, 2.05) is 0 Å². The highest BCUT2D eigenvalue weighted by molar-refractivity contribution is 4.79. The van der Waals surface area contributed by atoms with Crippen molar-refractivity contribution in [2.45, 2.75) is 44.8 Å². The molecule has 1 saturated carbocycles. The molecule has 1 saturated heterocycles. The monoisotopic (exact) mass is 212 g/mol. The van der Waals surface area contributed by atoms with Crippen molar-refractivity contribution in [3.63, 3.8) is 0 Å². The summed E-state index contributed by atoms with van der Waals surface area (Å²) in [7, 11) is 0. The molecule has 3 atom stereocenters. The van der Waals surface area contributed by atoms with Gasteiger partial charge in [0.2, 0.25) is 0 Å². The lowest BCUT2D eigenvalue weighted by Gasteiger charge is -2.24. The molecule has 3 nitrogen and oxygen atoms in total. The van der Waals surface area contributed by atoms with Crippen LogP contribution in [0.4, 0.5) is 0 Å². The van der Waals surface area contributed by atoms with Crippen molar-refractivity contribution >= 4 is 0 Å². The van der Waals surface area contributed by atoms with Gasteiger partial charge in [0, 0.05) is 19.1 Å². The van der Waals surface area contributed by atoms with E-state index in [0.717, 1.165) is 44.6 Å². The first-order valence-electron chi connectivity index (χ1n) is 6.40. The van der Waals surface area contributed by atoms with Crippen molar-refractivity contribution in [1.29, 1.82) is 0 Å². The molecule has 0 aromatic rings. The van der Waals surface area contributed by atoms with Crippen LogP contribution in [0.3, 0.4) is 0 Å². The van der Waals surface area contributed by atoms with Crippen molar-refractivity contribution in [3.8, 4) is 0 Å². The van der Waals surface area contributed by atoms with Crippen molar-refractivity contribution < 1.29 is 4.74 Å². The Kier molecular flexibility index (Phi) is 4.42. The van der Waals surface area contributed by atoms with Gasteiger partial charge in [0.15, 0.2) is 0 Å². The molecule has 3 heteroatoms. The van der Waals surface area contributed by atoms with E-state index < -0.39 is 0 Å². The van der Waals surface area contributed by atoms with Gasteiger partial charge in [-0.25, -0.2) is 0 Å². The van der Waals surface area contributed by atoms with Crippen LogP contribution in [0.2, 0.25) is 0 Å². The molecule has 0 aromatic carbocycles. The Balaban J connectivity index is 1.54. The van der Waals surface area contributed by atoms with Gasteiger partial charge in [0.25, 0.3) is 0 Å². The van der Waals surface area contributed by atoms with E-state index >= 15 is 0 Å². The Morgan fingerprint density at radius 1 is 1.40 bits per heavy atom. The molecule has 0 aromatic heterocycles.